The number of benzene rings is 3. The third kappa shape index (κ3) is 3.49. The minimum atomic E-state index is -0.780. The molecular weight excluding hydrogens is 500 g/mol. The molecule has 6 rings (SSSR count). The summed E-state index contributed by atoms with van der Waals surface area (Å²) in [6.07, 6.45) is 0. The summed E-state index contributed by atoms with van der Waals surface area (Å²) in [6, 6.07) is 18.1. The summed E-state index contributed by atoms with van der Waals surface area (Å²) in [4.78, 5) is 45.7. The summed E-state index contributed by atoms with van der Waals surface area (Å²) in [5.41, 5.74) is 1.96. The normalized spacial score (nSPS) is 15.0. The van der Waals surface area contributed by atoms with E-state index in [2.05, 4.69) is 4.98 Å². The van der Waals surface area contributed by atoms with Crippen LogP contribution in [0, 0.1) is 0 Å². The maximum absolute atomic E-state index is 13.8. The number of para-hydroxylation sites is 1. The lowest BCUT2D eigenvalue weighted by Crippen LogP contribution is -2.29. The molecule has 0 saturated carbocycles. The van der Waals surface area contributed by atoms with Crippen LogP contribution in [0.2, 0.25) is 5.02 Å². The van der Waals surface area contributed by atoms with Crippen molar-refractivity contribution in [3.05, 3.63) is 104 Å². The molecule has 9 heteroatoms. The fourth-order valence-corrected chi connectivity index (χ4v) is 5.70. The number of carbonyl (C=O) groups is 2. The first-order chi connectivity index (χ1) is 17.5. The molecule has 0 saturated heterocycles. The molecule has 0 N–H and O–H groups in total. The summed E-state index contributed by atoms with van der Waals surface area (Å²) in [5.74, 6) is -0.921. The van der Waals surface area contributed by atoms with Crippen molar-refractivity contribution in [1.82, 2.24) is 4.98 Å². The molecule has 1 aliphatic heterocycles. The fraction of sp³-hybridized carbons (Fsp3) is 0.111. The highest BCUT2D eigenvalue weighted by atomic mass is 35.5. The van der Waals surface area contributed by atoms with Crippen molar-refractivity contribution >= 4 is 61.1 Å². The zero-order chi connectivity index (χ0) is 25.0. The Hall–Kier alpha value is -4.01. The number of thiazole rings is 1. The van der Waals surface area contributed by atoms with Crippen molar-refractivity contribution in [2.75, 3.05) is 11.5 Å². The van der Waals surface area contributed by atoms with Gasteiger partial charge in [0.25, 0.3) is 5.91 Å². The third-order valence-electron chi connectivity index (χ3n) is 6.04. The number of halogens is 1. The number of hydrogen-bond donors (Lipinski definition) is 0. The van der Waals surface area contributed by atoms with E-state index in [0.717, 1.165) is 0 Å². The highest BCUT2D eigenvalue weighted by molar-refractivity contribution is 7.22. The van der Waals surface area contributed by atoms with Crippen LogP contribution in [0.5, 0.6) is 0 Å². The molecule has 36 heavy (non-hydrogen) atoms. The predicted molar refractivity (Wildman–Crippen MR) is 138 cm³/mol. The van der Waals surface area contributed by atoms with Crippen molar-refractivity contribution in [1.29, 1.82) is 0 Å². The van der Waals surface area contributed by atoms with Crippen LogP contribution in [-0.2, 0) is 4.74 Å². The predicted octanol–water partition coefficient (Wildman–Crippen LogP) is 5.98. The number of hydrogen-bond acceptors (Lipinski definition) is 7. The van der Waals surface area contributed by atoms with Gasteiger partial charge >= 0.3 is 5.97 Å². The number of amides is 1. The van der Waals surface area contributed by atoms with Gasteiger partial charge in [-0.25, -0.2) is 9.78 Å². The topological polar surface area (TPSA) is 89.7 Å². The average molecular weight is 517 g/mol. The van der Waals surface area contributed by atoms with Crippen molar-refractivity contribution in [3.63, 3.8) is 0 Å². The lowest BCUT2D eigenvalue weighted by Gasteiger charge is -2.22. The van der Waals surface area contributed by atoms with Gasteiger partial charge in [0.05, 0.1) is 39.4 Å². The Morgan fingerprint density at radius 1 is 1.11 bits per heavy atom. The molecular formula is C27H17ClN2O5S. The highest BCUT2D eigenvalue weighted by Gasteiger charge is 2.45. The second-order valence-electron chi connectivity index (χ2n) is 8.20. The molecule has 1 aliphatic rings. The van der Waals surface area contributed by atoms with Crippen LogP contribution in [0.3, 0.4) is 0 Å². The third-order valence-corrected chi connectivity index (χ3v) is 7.29. The average Bonchev–Trinajstić information content (AvgIpc) is 3.42. The van der Waals surface area contributed by atoms with Gasteiger partial charge in [-0.3, -0.25) is 14.5 Å². The van der Waals surface area contributed by atoms with Gasteiger partial charge in [0.1, 0.15) is 5.58 Å². The Kier molecular flexibility index (Phi) is 5.35. The number of carbonyl (C=O) groups excluding carboxylic acids is 2. The van der Waals surface area contributed by atoms with Gasteiger partial charge in [0.15, 0.2) is 10.6 Å². The first kappa shape index (κ1) is 22.5. The molecule has 0 radical (unpaired) electrons. The van der Waals surface area contributed by atoms with Crippen molar-refractivity contribution in [2.24, 2.45) is 0 Å². The fourth-order valence-electron chi connectivity index (χ4n) is 4.47. The number of ether oxygens (including phenoxy) is 1. The van der Waals surface area contributed by atoms with E-state index in [1.54, 1.807) is 67.6 Å². The van der Waals surface area contributed by atoms with Crippen LogP contribution in [0.25, 0.3) is 21.2 Å². The van der Waals surface area contributed by atoms with E-state index < -0.39 is 17.9 Å². The second-order valence-corrected chi connectivity index (χ2v) is 9.65. The van der Waals surface area contributed by atoms with Gasteiger partial charge in [0, 0.05) is 5.02 Å². The molecule has 1 atom stereocenters. The second kappa shape index (κ2) is 8.58. The van der Waals surface area contributed by atoms with E-state index in [0.29, 0.717) is 42.5 Å². The smallest absolute Gasteiger partial charge is 0.338 e. The minimum Gasteiger partial charge on any atom is -0.462 e. The lowest BCUT2D eigenvalue weighted by molar-refractivity contribution is 0.0526. The van der Waals surface area contributed by atoms with E-state index in [9.17, 15) is 14.4 Å². The molecule has 178 valence electrons. The largest absolute Gasteiger partial charge is 0.462 e. The zero-order valence-corrected chi connectivity index (χ0v) is 20.4. The molecule has 5 aromatic rings. The molecule has 3 heterocycles. The van der Waals surface area contributed by atoms with E-state index in [4.69, 9.17) is 20.8 Å². The summed E-state index contributed by atoms with van der Waals surface area (Å²) in [6.45, 7) is 2.01. The number of nitrogens with zero attached hydrogens (tertiary/aromatic N) is 2. The minimum absolute atomic E-state index is 0.0184. The molecule has 7 nitrogen and oxygen atoms in total. The van der Waals surface area contributed by atoms with E-state index >= 15 is 0 Å². The van der Waals surface area contributed by atoms with Gasteiger partial charge in [-0.05, 0) is 55.0 Å². The SMILES string of the molecule is CCOC(=O)c1ccc2nc(N3C(=O)c4oc5ccccc5c(=O)c4[C@H]3c3cccc(Cl)c3)sc2c1. The van der Waals surface area contributed by atoms with Gasteiger partial charge < -0.3 is 9.15 Å². The lowest BCUT2D eigenvalue weighted by atomic mass is 9.99. The van der Waals surface area contributed by atoms with Crippen LogP contribution in [0.15, 0.2) is 75.9 Å². The molecule has 0 unspecified atom stereocenters. The Morgan fingerprint density at radius 3 is 2.75 bits per heavy atom. The van der Waals surface area contributed by atoms with Crippen LogP contribution in [-0.4, -0.2) is 23.5 Å². The van der Waals surface area contributed by atoms with Crippen molar-refractivity contribution in [3.8, 4) is 0 Å². The van der Waals surface area contributed by atoms with Crippen LogP contribution in [0.4, 0.5) is 5.13 Å². The quantitative estimate of drug-likeness (QED) is 0.273. The van der Waals surface area contributed by atoms with E-state index in [1.165, 1.54) is 16.2 Å². The standard InChI is InChI=1S/C27H17ClN2O5S/c1-2-34-26(33)15-10-11-18-20(13-15)36-27(29-18)30-22(14-6-5-7-16(28)12-14)21-23(31)17-8-3-4-9-19(17)35-24(21)25(30)32/h3-13,22H,2H2,1H3/t22-/m1/s1. The molecule has 3 aromatic carbocycles. The van der Waals surface area contributed by atoms with Crippen LogP contribution < -0.4 is 10.3 Å². The Balaban J connectivity index is 1.56. The van der Waals surface area contributed by atoms with Crippen LogP contribution >= 0.6 is 22.9 Å². The van der Waals surface area contributed by atoms with Crippen molar-refractivity contribution < 1.29 is 18.7 Å². The number of anilines is 1. The first-order valence-electron chi connectivity index (χ1n) is 11.2. The molecule has 0 fully saturated rings. The monoisotopic (exact) mass is 516 g/mol. The van der Waals surface area contributed by atoms with Crippen molar-refractivity contribution in [2.45, 2.75) is 13.0 Å². The van der Waals surface area contributed by atoms with E-state index in [-0.39, 0.29) is 23.4 Å². The van der Waals surface area contributed by atoms with Gasteiger partial charge in [-0.1, -0.05) is 47.2 Å². The number of rotatable bonds is 4. The van der Waals surface area contributed by atoms with Gasteiger partial charge in [-0.2, -0.15) is 0 Å². The maximum Gasteiger partial charge on any atom is 0.338 e. The Labute approximate surface area is 213 Å². The maximum atomic E-state index is 13.8. The molecule has 2 aromatic heterocycles. The zero-order valence-electron chi connectivity index (χ0n) is 18.9. The Morgan fingerprint density at radius 2 is 1.94 bits per heavy atom. The number of aromatic nitrogens is 1. The van der Waals surface area contributed by atoms with E-state index in [1.807, 2.05) is 6.07 Å². The highest BCUT2D eigenvalue weighted by Crippen LogP contribution is 2.44. The van der Waals surface area contributed by atoms with Gasteiger partial charge in [-0.15, -0.1) is 0 Å². The molecule has 0 bridgehead atoms. The van der Waals surface area contributed by atoms with Crippen LogP contribution in [0.1, 0.15) is 45.0 Å². The van der Waals surface area contributed by atoms with Gasteiger partial charge in [0.2, 0.25) is 5.76 Å². The number of fused-ring (bicyclic) bond motifs is 3. The summed E-state index contributed by atoms with van der Waals surface area (Å²) >= 11 is 7.53. The molecule has 0 spiro atoms. The first-order valence-corrected chi connectivity index (χ1v) is 12.4. The summed E-state index contributed by atoms with van der Waals surface area (Å²) in [7, 11) is 0. The Bertz CT molecular complexity index is 1760. The summed E-state index contributed by atoms with van der Waals surface area (Å²) in [5, 5.41) is 1.24. The number of esters is 1. The summed E-state index contributed by atoms with van der Waals surface area (Å²) < 4.78 is 11.8. The molecule has 0 aliphatic carbocycles. The molecule has 1 amide bonds.